The molecule has 172 valence electrons. The number of hydrogen-bond donors (Lipinski definition) is 0. The molecule has 3 aromatic heterocycles. The van der Waals surface area contributed by atoms with E-state index in [2.05, 4.69) is 44.2 Å². The van der Waals surface area contributed by atoms with E-state index in [0.717, 1.165) is 65.3 Å². The number of hydrogen-bond acceptors (Lipinski definition) is 6. The zero-order chi connectivity index (χ0) is 23.7. The van der Waals surface area contributed by atoms with E-state index in [1.165, 1.54) is 5.56 Å². The number of aryl methyl sites for hydroxylation is 1. The van der Waals surface area contributed by atoms with Crippen molar-refractivity contribution in [1.82, 2.24) is 24.8 Å². The average Bonchev–Trinajstić information content (AvgIpc) is 2.88. The molecule has 1 aliphatic heterocycles. The molecular weight excluding hydrogens is 424 g/mol. The Morgan fingerprint density at radius 1 is 1.00 bits per heavy atom. The molecule has 4 heterocycles. The Morgan fingerprint density at radius 2 is 1.82 bits per heavy atom. The minimum absolute atomic E-state index is 0.163. The highest BCUT2D eigenvalue weighted by atomic mass is 16.2. The van der Waals surface area contributed by atoms with Crippen molar-refractivity contribution in [3.63, 3.8) is 0 Å². The molecule has 1 fully saturated rings. The van der Waals surface area contributed by atoms with Crippen LogP contribution in [0.1, 0.15) is 36.9 Å². The quantitative estimate of drug-likeness (QED) is 0.439. The summed E-state index contributed by atoms with van der Waals surface area (Å²) in [4.78, 5) is 33.7. The lowest BCUT2D eigenvalue weighted by molar-refractivity contribution is -0.129. The van der Waals surface area contributed by atoms with Crippen LogP contribution >= 0.6 is 0 Å². The maximum Gasteiger partial charge on any atom is 0.219 e. The third kappa shape index (κ3) is 4.33. The fourth-order valence-corrected chi connectivity index (χ4v) is 4.69. The zero-order valence-corrected chi connectivity index (χ0v) is 19.8. The minimum Gasteiger partial charge on any atom is -0.343 e. The number of benzene rings is 1. The molecule has 7 heteroatoms. The molecule has 0 saturated carbocycles. The molecule has 1 aliphatic rings. The number of nitrogens with zero attached hydrogens (tertiary/aromatic N) is 6. The van der Waals surface area contributed by atoms with E-state index in [-0.39, 0.29) is 5.91 Å². The number of fused-ring (bicyclic) bond motifs is 1. The lowest BCUT2D eigenvalue weighted by atomic mass is 9.89. The van der Waals surface area contributed by atoms with Crippen molar-refractivity contribution in [2.24, 2.45) is 0 Å². The van der Waals surface area contributed by atoms with Crippen LogP contribution in [0.2, 0.25) is 0 Å². The number of amides is 1. The SMILES string of the molecule is CC(=O)N1CCC(c2ccc3c(N(C)c4ccc(-c5ccnc(C)c5)nc4)ncnc3c2)CC1. The van der Waals surface area contributed by atoms with Gasteiger partial charge in [-0.15, -0.1) is 0 Å². The summed E-state index contributed by atoms with van der Waals surface area (Å²) in [7, 11) is 2.00. The van der Waals surface area contributed by atoms with Crippen LogP contribution in [-0.2, 0) is 4.79 Å². The Balaban J connectivity index is 1.39. The number of likely N-dealkylation sites (tertiary alicyclic amines) is 1. The van der Waals surface area contributed by atoms with Crippen molar-refractivity contribution in [3.8, 4) is 11.3 Å². The van der Waals surface area contributed by atoms with E-state index in [4.69, 9.17) is 0 Å². The molecule has 1 saturated heterocycles. The molecule has 0 unspecified atom stereocenters. The Kier molecular flexibility index (Phi) is 5.92. The van der Waals surface area contributed by atoms with E-state index in [9.17, 15) is 4.79 Å². The molecule has 7 nitrogen and oxygen atoms in total. The highest BCUT2D eigenvalue weighted by Crippen LogP contribution is 2.33. The van der Waals surface area contributed by atoms with Gasteiger partial charge in [0.2, 0.25) is 5.91 Å². The average molecular weight is 453 g/mol. The first-order valence-electron chi connectivity index (χ1n) is 11.6. The van der Waals surface area contributed by atoms with E-state index in [1.54, 1.807) is 19.4 Å². The van der Waals surface area contributed by atoms with Gasteiger partial charge in [0.15, 0.2) is 0 Å². The number of carbonyl (C=O) groups excluding carboxylic acids is 1. The second kappa shape index (κ2) is 9.17. The maximum atomic E-state index is 11.6. The van der Waals surface area contributed by atoms with Gasteiger partial charge in [-0.3, -0.25) is 14.8 Å². The van der Waals surface area contributed by atoms with Crippen molar-refractivity contribution in [2.75, 3.05) is 25.0 Å². The van der Waals surface area contributed by atoms with Crippen molar-refractivity contribution in [2.45, 2.75) is 32.6 Å². The van der Waals surface area contributed by atoms with Crippen LogP contribution in [0, 0.1) is 6.92 Å². The summed E-state index contributed by atoms with van der Waals surface area (Å²) >= 11 is 0. The van der Waals surface area contributed by atoms with Crippen LogP contribution in [0.4, 0.5) is 11.5 Å². The summed E-state index contributed by atoms with van der Waals surface area (Å²) < 4.78 is 0. The number of carbonyl (C=O) groups is 1. The largest absolute Gasteiger partial charge is 0.343 e. The molecular formula is C27H28N6O. The summed E-state index contributed by atoms with van der Waals surface area (Å²) in [6, 6.07) is 14.6. The Morgan fingerprint density at radius 3 is 2.53 bits per heavy atom. The van der Waals surface area contributed by atoms with Crippen LogP contribution < -0.4 is 4.90 Å². The monoisotopic (exact) mass is 452 g/mol. The molecule has 0 aliphatic carbocycles. The molecule has 0 N–H and O–H groups in total. The van der Waals surface area contributed by atoms with Gasteiger partial charge in [-0.1, -0.05) is 6.07 Å². The first kappa shape index (κ1) is 21.9. The Labute approximate surface area is 199 Å². The van der Waals surface area contributed by atoms with Crippen LogP contribution in [0.3, 0.4) is 0 Å². The predicted molar refractivity (Wildman–Crippen MR) is 134 cm³/mol. The van der Waals surface area contributed by atoms with Crippen LogP contribution in [0.5, 0.6) is 0 Å². The van der Waals surface area contributed by atoms with Gasteiger partial charge in [0.1, 0.15) is 12.1 Å². The van der Waals surface area contributed by atoms with Gasteiger partial charge >= 0.3 is 0 Å². The number of aromatic nitrogens is 4. The molecule has 0 atom stereocenters. The zero-order valence-electron chi connectivity index (χ0n) is 19.8. The van der Waals surface area contributed by atoms with Gasteiger partial charge in [-0.05, 0) is 67.6 Å². The van der Waals surface area contributed by atoms with Crippen LogP contribution in [-0.4, -0.2) is 50.9 Å². The van der Waals surface area contributed by atoms with Crippen molar-refractivity contribution in [3.05, 3.63) is 72.4 Å². The first-order valence-corrected chi connectivity index (χ1v) is 11.6. The maximum absolute atomic E-state index is 11.6. The van der Waals surface area contributed by atoms with Crippen LogP contribution in [0.15, 0.2) is 61.2 Å². The molecule has 5 rings (SSSR count). The number of pyridine rings is 2. The van der Waals surface area contributed by atoms with Crippen molar-refractivity contribution < 1.29 is 4.79 Å². The van der Waals surface area contributed by atoms with E-state index in [1.807, 2.05) is 48.2 Å². The summed E-state index contributed by atoms with van der Waals surface area (Å²) in [6.07, 6.45) is 7.27. The standard InChI is InChI=1S/C27H28N6O/c1-18-14-22(8-11-28-18)25-7-5-23(16-29-25)32(3)27-24-6-4-21(15-26(24)30-17-31-27)20-9-12-33(13-10-20)19(2)34/h4-8,11,14-17,20H,9-10,12-13H2,1-3H3. The summed E-state index contributed by atoms with van der Waals surface area (Å²) in [5.41, 5.74) is 6.10. The topological polar surface area (TPSA) is 75.1 Å². The summed E-state index contributed by atoms with van der Waals surface area (Å²) in [5.74, 6) is 1.46. The number of anilines is 2. The fraction of sp³-hybridized carbons (Fsp3) is 0.296. The first-order chi connectivity index (χ1) is 16.5. The second-order valence-electron chi connectivity index (χ2n) is 8.90. The smallest absolute Gasteiger partial charge is 0.219 e. The molecule has 1 amide bonds. The van der Waals surface area contributed by atoms with E-state index in [0.29, 0.717) is 5.92 Å². The van der Waals surface area contributed by atoms with Gasteiger partial charge in [-0.2, -0.15) is 0 Å². The molecule has 4 aromatic rings. The van der Waals surface area contributed by atoms with Crippen molar-refractivity contribution >= 4 is 28.3 Å². The number of rotatable bonds is 4. The van der Waals surface area contributed by atoms with Crippen molar-refractivity contribution in [1.29, 1.82) is 0 Å². The summed E-state index contributed by atoms with van der Waals surface area (Å²) in [6.45, 7) is 5.26. The Hall–Kier alpha value is -3.87. The normalized spacial score (nSPS) is 14.4. The summed E-state index contributed by atoms with van der Waals surface area (Å²) in [5, 5.41) is 1.00. The molecule has 0 bridgehead atoms. The van der Waals surface area contributed by atoms with Gasteiger partial charge in [-0.25, -0.2) is 9.97 Å². The predicted octanol–water partition coefficient (Wildman–Crippen LogP) is 4.89. The van der Waals surface area contributed by atoms with Crippen LogP contribution in [0.25, 0.3) is 22.2 Å². The lowest BCUT2D eigenvalue weighted by Gasteiger charge is -2.31. The Bertz CT molecular complexity index is 1330. The number of piperidine rings is 1. The highest BCUT2D eigenvalue weighted by molar-refractivity contribution is 5.91. The van der Waals surface area contributed by atoms with E-state index >= 15 is 0 Å². The molecule has 1 aromatic carbocycles. The lowest BCUT2D eigenvalue weighted by Crippen LogP contribution is -2.36. The highest BCUT2D eigenvalue weighted by Gasteiger charge is 2.22. The third-order valence-corrected chi connectivity index (χ3v) is 6.70. The molecule has 0 spiro atoms. The second-order valence-corrected chi connectivity index (χ2v) is 8.90. The van der Waals surface area contributed by atoms with Gasteiger partial charge in [0.25, 0.3) is 0 Å². The molecule has 0 radical (unpaired) electrons. The van der Waals surface area contributed by atoms with Gasteiger partial charge < -0.3 is 9.80 Å². The van der Waals surface area contributed by atoms with Gasteiger partial charge in [0, 0.05) is 49.9 Å². The van der Waals surface area contributed by atoms with Gasteiger partial charge in [0.05, 0.1) is 23.1 Å². The van der Waals surface area contributed by atoms with E-state index < -0.39 is 0 Å². The fourth-order valence-electron chi connectivity index (χ4n) is 4.69. The molecule has 34 heavy (non-hydrogen) atoms. The minimum atomic E-state index is 0.163. The third-order valence-electron chi connectivity index (χ3n) is 6.70.